The van der Waals surface area contributed by atoms with Gasteiger partial charge >= 0.3 is 0 Å². The molecule has 140 valence electrons. The summed E-state index contributed by atoms with van der Waals surface area (Å²) in [6, 6.07) is 10.4. The summed E-state index contributed by atoms with van der Waals surface area (Å²) in [4.78, 5) is 16.2. The highest BCUT2D eigenvalue weighted by Crippen LogP contribution is 2.23. The van der Waals surface area contributed by atoms with E-state index >= 15 is 0 Å². The molecule has 1 aliphatic rings. The van der Waals surface area contributed by atoms with Crippen molar-refractivity contribution < 1.29 is 4.79 Å². The van der Waals surface area contributed by atoms with E-state index in [0.29, 0.717) is 25.6 Å². The van der Waals surface area contributed by atoms with Gasteiger partial charge in [-0.3, -0.25) is 9.79 Å². The molecule has 0 aliphatic heterocycles. The fraction of sp³-hybridized carbons (Fsp3) is 0.579. The number of halogens is 1. The number of nitrogens with one attached hydrogen (secondary N) is 3. The summed E-state index contributed by atoms with van der Waals surface area (Å²) in [6.45, 7) is 3.48. The van der Waals surface area contributed by atoms with E-state index in [9.17, 15) is 4.79 Å². The Morgan fingerprint density at radius 3 is 2.44 bits per heavy atom. The number of benzene rings is 1. The molecule has 1 aliphatic carbocycles. The molecule has 0 spiro atoms. The largest absolute Gasteiger partial charge is 0.356 e. The second-order valence-corrected chi connectivity index (χ2v) is 6.61. The van der Waals surface area contributed by atoms with Crippen LogP contribution in [-0.4, -0.2) is 31.5 Å². The molecular weight excluding hydrogens is 427 g/mol. The zero-order valence-electron chi connectivity index (χ0n) is 15.3. The van der Waals surface area contributed by atoms with Gasteiger partial charge in [0.2, 0.25) is 5.91 Å². The number of guanidine groups is 1. The summed E-state index contributed by atoms with van der Waals surface area (Å²) in [5, 5.41) is 9.64. The van der Waals surface area contributed by atoms with Crippen molar-refractivity contribution in [1.29, 1.82) is 0 Å². The molecule has 0 saturated heterocycles. The molecule has 1 amide bonds. The van der Waals surface area contributed by atoms with Crippen molar-refractivity contribution in [2.45, 2.75) is 51.6 Å². The Morgan fingerprint density at radius 1 is 1.12 bits per heavy atom. The smallest absolute Gasteiger partial charge is 0.222 e. The Hall–Kier alpha value is -1.31. The minimum absolute atomic E-state index is 0. The first-order valence-corrected chi connectivity index (χ1v) is 8.95. The molecule has 1 aromatic rings. The topological polar surface area (TPSA) is 65.5 Å². The standard InChI is InChI=1S/C19H30N4O.HI/c1-15-8-10-17(11-9-15)23-19(20-2)21-13-12-18(24)22-14-16-6-4-3-5-7-16;/h3-7,15,17H,8-14H2,1-2H3,(H,22,24)(H2,20,21,23);1H. The van der Waals surface area contributed by atoms with E-state index in [2.05, 4.69) is 27.9 Å². The zero-order chi connectivity index (χ0) is 17.2. The fourth-order valence-electron chi connectivity index (χ4n) is 2.97. The number of carbonyl (C=O) groups is 1. The molecule has 3 N–H and O–H groups in total. The first-order valence-electron chi connectivity index (χ1n) is 8.95. The van der Waals surface area contributed by atoms with Crippen molar-refractivity contribution in [3.8, 4) is 0 Å². The van der Waals surface area contributed by atoms with Crippen LogP contribution in [0.25, 0.3) is 0 Å². The number of hydrogen-bond donors (Lipinski definition) is 3. The molecule has 5 nitrogen and oxygen atoms in total. The maximum absolute atomic E-state index is 11.9. The maximum Gasteiger partial charge on any atom is 0.222 e. The van der Waals surface area contributed by atoms with Crippen molar-refractivity contribution in [3.63, 3.8) is 0 Å². The van der Waals surface area contributed by atoms with E-state index in [1.807, 2.05) is 30.3 Å². The summed E-state index contributed by atoms with van der Waals surface area (Å²) < 4.78 is 0. The van der Waals surface area contributed by atoms with Crippen molar-refractivity contribution in [2.75, 3.05) is 13.6 Å². The van der Waals surface area contributed by atoms with Crippen LogP contribution in [-0.2, 0) is 11.3 Å². The number of rotatable bonds is 6. The molecule has 0 radical (unpaired) electrons. The molecule has 0 heterocycles. The Labute approximate surface area is 168 Å². The van der Waals surface area contributed by atoms with Crippen LogP contribution in [0.1, 0.15) is 44.6 Å². The second kappa shape index (κ2) is 12.1. The van der Waals surface area contributed by atoms with Crippen LogP contribution >= 0.6 is 24.0 Å². The lowest BCUT2D eigenvalue weighted by Gasteiger charge is -2.28. The Bertz CT molecular complexity index is 527. The summed E-state index contributed by atoms with van der Waals surface area (Å²) in [6.07, 6.45) is 5.38. The van der Waals surface area contributed by atoms with Crippen molar-refractivity contribution in [1.82, 2.24) is 16.0 Å². The SMILES string of the molecule is CN=C(NCCC(=O)NCc1ccccc1)NC1CCC(C)CC1.I. The molecule has 1 saturated carbocycles. The van der Waals surface area contributed by atoms with Gasteiger partial charge in [-0.25, -0.2) is 0 Å². The summed E-state index contributed by atoms with van der Waals surface area (Å²) in [7, 11) is 1.77. The van der Waals surface area contributed by atoms with E-state index < -0.39 is 0 Å². The summed E-state index contributed by atoms with van der Waals surface area (Å²) in [5.74, 6) is 1.69. The predicted molar refractivity (Wildman–Crippen MR) is 114 cm³/mol. The number of nitrogens with zero attached hydrogens (tertiary/aromatic N) is 1. The average Bonchev–Trinajstić information content (AvgIpc) is 2.61. The average molecular weight is 458 g/mol. The quantitative estimate of drug-likeness (QED) is 0.349. The van der Waals surface area contributed by atoms with E-state index in [0.717, 1.165) is 17.4 Å². The summed E-state index contributed by atoms with van der Waals surface area (Å²) in [5.41, 5.74) is 1.11. The molecule has 25 heavy (non-hydrogen) atoms. The van der Waals surface area contributed by atoms with E-state index in [1.54, 1.807) is 7.05 Å². The minimum Gasteiger partial charge on any atom is -0.356 e. The monoisotopic (exact) mass is 458 g/mol. The normalized spacial score (nSPS) is 20.3. The molecule has 6 heteroatoms. The molecule has 0 bridgehead atoms. The number of aliphatic imine (C=N–C) groups is 1. The molecule has 1 aromatic carbocycles. The molecule has 0 unspecified atom stereocenters. The molecule has 2 rings (SSSR count). The van der Waals surface area contributed by atoms with Crippen LogP contribution in [0.3, 0.4) is 0 Å². The molecular formula is C19H31IN4O. The third-order valence-corrected chi connectivity index (χ3v) is 4.56. The fourth-order valence-corrected chi connectivity index (χ4v) is 2.97. The van der Waals surface area contributed by atoms with Gasteiger partial charge < -0.3 is 16.0 Å². The van der Waals surface area contributed by atoms with Crippen LogP contribution in [0, 0.1) is 5.92 Å². The predicted octanol–water partition coefficient (Wildman–Crippen LogP) is 3.05. The van der Waals surface area contributed by atoms with Gasteiger partial charge in [0.25, 0.3) is 0 Å². The Kier molecular flexibility index (Phi) is 10.5. The van der Waals surface area contributed by atoms with E-state index in [1.165, 1.54) is 25.7 Å². The van der Waals surface area contributed by atoms with Crippen LogP contribution in [0.4, 0.5) is 0 Å². The van der Waals surface area contributed by atoms with Gasteiger partial charge in [0.15, 0.2) is 5.96 Å². The highest BCUT2D eigenvalue weighted by molar-refractivity contribution is 14.0. The number of carbonyl (C=O) groups excluding carboxylic acids is 1. The first-order chi connectivity index (χ1) is 11.7. The first kappa shape index (κ1) is 21.7. The highest BCUT2D eigenvalue weighted by atomic mass is 127. The maximum atomic E-state index is 11.9. The van der Waals surface area contributed by atoms with Crippen LogP contribution in [0.15, 0.2) is 35.3 Å². The highest BCUT2D eigenvalue weighted by Gasteiger charge is 2.18. The van der Waals surface area contributed by atoms with Gasteiger partial charge in [-0.15, -0.1) is 24.0 Å². The van der Waals surface area contributed by atoms with E-state index in [-0.39, 0.29) is 29.9 Å². The van der Waals surface area contributed by atoms with Gasteiger partial charge in [-0.2, -0.15) is 0 Å². The number of amides is 1. The molecule has 1 fully saturated rings. The minimum atomic E-state index is 0. The molecule has 0 atom stereocenters. The lowest BCUT2D eigenvalue weighted by Crippen LogP contribution is -2.45. The van der Waals surface area contributed by atoms with Crippen LogP contribution in [0.5, 0.6) is 0 Å². The number of hydrogen-bond acceptors (Lipinski definition) is 2. The van der Waals surface area contributed by atoms with E-state index in [4.69, 9.17) is 0 Å². The molecule has 0 aromatic heterocycles. The third kappa shape index (κ3) is 8.56. The zero-order valence-corrected chi connectivity index (χ0v) is 17.6. The van der Waals surface area contributed by atoms with Gasteiger partial charge in [0.1, 0.15) is 0 Å². The lowest BCUT2D eigenvalue weighted by molar-refractivity contribution is -0.121. The Balaban J connectivity index is 0.00000312. The van der Waals surface area contributed by atoms with Crippen molar-refractivity contribution in [2.24, 2.45) is 10.9 Å². The van der Waals surface area contributed by atoms with Crippen molar-refractivity contribution in [3.05, 3.63) is 35.9 Å². The second-order valence-electron chi connectivity index (χ2n) is 6.61. The van der Waals surface area contributed by atoms with Crippen molar-refractivity contribution >= 4 is 35.8 Å². The Morgan fingerprint density at radius 2 is 1.80 bits per heavy atom. The third-order valence-electron chi connectivity index (χ3n) is 4.56. The summed E-state index contributed by atoms with van der Waals surface area (Å²) >= 11 is 0. The van der Waals surface area contributed by atoms with Gasteiger partial charge in [0, 0.05) is 32.6 Å². The van der Waals surface area contributed by atoms with Crippen LogP contribution < -0.4 is 16.0 Å². The van der Waals surface area contributed by atoms with Gasteiger partial charge in [-0.1, -0.05) is 37.3 Å². The van der Waals surface area contributed by atoms with Crippen LogP contribution in [0.2, 0.25) is 0 Å². The van der Waals surface area contributed by atoms with Gasteiger partial charge in [0.05, 0.1) is 0 Å². The van der Waals surface area contributed by atoms with Gasteiger partial charge in [-0.05, 0) is 37.2 Å². The lowest BCUT2D eigenvalue weighted by atomic mass is 9.87.